The van der Waals surface area contributed by atoms with Gasteiger partial charge in [-0.3, -0.25) is 14.4 Å². The summed E-state index contributed by atoms with van der Waals surface area (Å²) < 4.78 is 10.2. The van der Waals surface area contributed by atoms with Gasteiger partial charge >= 0.3 is 11.9 Å². The predicted molar refractivity (Wildman–Crippen MR) is 111 cm³/mol. The van der Waals surface area contributed by atoms with Crippen LogP contribution in [0.1, 0.15) is 54.1 Å². The van der Waals surface area contributed by atoms with E-state index in [4.69, 9.17) is 9.47 Å². The van der Waals surface area contributed by atoms with Crippen LogP contribution >= 0.6 is 0 Å². The average molecular weight is 396 g/mol. The second-order valence-corrected chi connectivity index (χ2v) is 6.89. The van der Waals surface area contributed by atoms with Gasteiger partial charge in [0.25, 0.3) is 0 Å². The van der Waals surface area contributed by atoms with Crippen molar-refractivity contribution in [3.8, 4) is 0 Å². The van der Waals surface area contributed by atoms with Gasteiger partial charge in [-0.15, -0.1) is 0 Å². The van der Waals surface area contributed by atoms with E-state index in [2.05, 4.69) is 0 Å². The van der Waals surface area contributed by atoms with Crippen LogP contribution in [-0.4, -0.2) is 30.9 Å². The second-order valence-electron chi connectivity index (χ2n) is 6.89. The van der Waals surface area contributed by atoms with Crippen LogP contribution in [0, 0.1) is 12.8 Å². The summed E-state index contributed by atoms with van der Waals surface area (Å²) in [6, 6.07) is 16.8. The van der Waals surface area contributed by atoms with Gasteiger partial charge in [-0.2, -0.15) is 0 Å². The number of carbonyl (C=O) groups is 3. The number of aryl methyl sites for hydroxylation is 1. The number of benzene rings is 2. The Morgan fingerprint density at radius 1 is 0.828 bits per heavy atom. The molecule has 29 heavy (non-hydrogen) atoms. The highest BCUT2D eigenvalue weighted by molar-refractivity contribution is 5.97. The van der Waals surface area contributed by atoms with Gasteiger partial charge in [0.1, 0.15) is 0 Å². The number of esters is 2. The molecule has 5 heteroatoms. The highest BCUT2D eigenvalue weighted by Crippen LogP contribution is 2.30. The molecule has 0 radical (unpaired) electrons. The van der Waals surface area contributed by atoms with Crippen LogP contribution in [0.25, 0.3) is 0 Å². The third kappa shape index (κ3) is 6.56. The van der Waals surface area contributed by atoms with Gasteiger partial charge in [0, 0.05) is 12.0 Å². The molecule has 1 atom stereocenters. The number of carbonyl (C=O) groups excluding carboxylic acids is 3. The lowest BCUT2D eigenvalue weighted by Gasteiger charge is -2.22. The van der Waals surface area contributed by atoms with E-state index in [0.717, 1.165) is 11.1 Å². The maximum absolute atomic E-state index is 12.8. The Hall–Kier alpha value is -2.95. The van der Waals surface area contributed by atoms with Gasteiger partial charge in [0.15, 0.2) is 11.7 Å². The van der Waals surface area contributed by atoms with E-state index < -0.39 is 17.9 Å². The standard InChI is InChI=1S/C24H28O5/c1-4-28-23(26)21(24(27)29-5-2)15-20(18-13-11-17(3)12-14-18)16-22(25)19-9-7-6-8-10-19/h6-14,20-21H,4-5,15-16H2,1-3H3. The molecule has 0 bridgehead atoms. The molecule has 0 saturated heterocycles. The van der Waals surface area contributed by atoms with Crippen molar-refractivity contribution in [2.75, 3.05) is 13.2 Å². The molecule has 0 aliphatic rings. The van der Waals surface area contributed by atoms with Gasteiger partial charge < -0.3 is 9.47 Å². The molecular weight excluding hydrogens is 368 g/mol. The van der Waals surface area contributed by atoms with E-state index in [1.165, 1.54) is 0 Å². The minimum absolute atomic E-state index is 0.0392. The number of ketones is 1. The molecule has 2 aromatic rings. The summed E-state index contributed by atoms with van der Waals surface area (Å²) in [5, 5.41) is 0. The van der Waals surface area contributed by atoms with Crippen LogP contribution < -0.4 is 0 Å². The van der Waals surface area contributed by atoms with E-state index in [0.29, 0.717) is 5.56 Å². The number of hydrogen-bond donors (Lipinski definition) is 0. The molecule has 5 nitrogen and oxygen atoms in total. The topological polar surface area (TPSA) is 69.7 Å². The monoisotopic (exact) mass is 396 g/mol. The van der Waals surface area contributed by atoms with Crippen LogP contribution in [0.3, 0.4) is 0 Å². The van der Waals surface area contributed by atoms with Crippen LogP contribution in [0.2, 0.25) is 0 Å². The quantitative estimate of drug-likeness (QED) is 0.336. The Morgan fingerprint density at radius 2 is 1.38 bits per heavy atom. The van der Waals surface area contributed by atoms with E-state index in [1.807, 2.05) is 49.4 Å². The first-order valence-electron chi connectivity index (χ1n) is 9.94. The lowest BCUT2D eigenvalue weighted by atomic mass is 9.84. The third-order valence-corrected chi connectivity index (χ3v) is 4.74. The van der Waals surface area contributed by atoms with E-state index in [-0.39, 0.29) is 37.8 Å². The zero-order chi connectivity index (χ0) is 21.2. The molecule has 0 fully saturated rings. The molecule has 2 aromatic carbocycles. The summed E-state index contributed by atoms with van der Waals surface area (Å²) in [5.41, 5.74) is 2.60. The molecule has 0 amide bonds. The lowest BCUT2D eigenvalue weighted by Crippen LogP contribution is -2.30. The van der Waals surface area contributed by atoms with E-state index >= 15 is 0 Å². The van der Waals surface area contributed by atoms with Crippen molar-refractivity contribution < 1.29 is 23.9 Å². The van der Waals surface area contributed by atoms with Gasteiger partial charge in [-0.05, 0) is 38.7 Å². The maximum atomic E-state index is 12.8. The summed E-state index contributed by atoms with van der Waals surface area (Å²) in [6.07, 6.45) is 0.335. The first-order chi connectivity index (χ1) is 14.0. The van der Waals surface area contributed by atoms with Crippen molar-refractivity contribution in [3.63, 3.8) is 0 Å². The SMILES string of the molecule is CCOC(=O)C(CC(CC(=O)c1ccccc1)c1ccc(C)cc1)C(=O)OCC. The maximum Gasteiger partial charge on any atom is 0.320 e. The largest absolute Gasteiger partial charge is 0.465 e. The zero-order valence-corrected chi connectivity index (χ0v) is 17.2. The molecule has 2 rings (SSSR count). The number of hydrogen-bond acceptors (Lipinski definition) is 5. The Morgan fingerprint density at radius 3 is 1.90 bits per heavy atom. The van der Waals surface area contributed by atoms with E-state index in [1.54, 1.807) is 26.0 Å². The number of Topliss-reactive ketones (excluding diaryl/α,β-unsaturated/α-hetero) is 1. The van der Waals surface area contributed by atoms with Gasteiger partial charge in [-0.25, -0.2) is 0 Å². The first kappa shape index (κ1) is 22.3. The van der Waals surface area contributed by atoms with Crippen molar-refractivity contribution in [1.29, 1.82) is 0 Å². The van der Waals surface area contributed by atoms with Crippen molar-refractivity contribution in [2.24, 2.45) is 5.92 Å². The fraction of sp³-hybridized carbons (Fsp3) is 0.375. The van der Waals surface area contributed by atoms with Crippen molar-refractivity contribution >= 4 is 17.7 Å². The molecule has 0 aliphatic carbocycles. The second kappa shape index (κ2) is 11.1. The highest BCUT2D eigenvalue weighted by Gasteiger charge is 2.33. The summed E-state index contributed by atoms with van der Waals surface area (Å²) in [7, 11) is 0. The predicted octanol–water partition coefficient (Wildman–Crippen LogP) is 4.48. The molecular formula is C24H28O5. The lowest BCUT2D eigenvalue weighted by molar-refractivity contribution is -0.162. The molecule has 0 aromatic heterocycles. The average Bonchev–Trinajstić information content (AvgIpc) is 2.72. The Labute approximate surface area is 172 Å². The summed E-state index contributed by atoms with van der Waals surface area (Å²) in [4.78, 5) is 37.7. The molecule has 1 unspecified atom stereocenters. The minimum atomic E-state index is -1.07. The summed E-state index contributed by atoms with van der Waals surface area (Å²) >= 11 is 0. The molecule has 0 saturated carbocycles. The molecule has 0 N–H and O–H groups in total. The van der Waals surface area contributed by atoms with Crippen LogP contribution in [0.5, 0.6) is 0 Å². The highest BCUT2D eigenvalue weighted by atomic mass is 16.6. The summed E-state index contributed by atoms with van der Waals surface area (Å²) in [6.45, 7) is 5.71. The molecule has 0 spiro atoms. The molecule has 0 aliphatic heterocycles. The Kier molecular flexibility index (Phi) is 8.59. The fourth-order valence-electron chi connectivity index (χ4n) is 3.20. The number of rotatable bonds is 10. The smallest absolute Gasteiger partial charge is 0.320 e. The van der Waals surface area contributed by atoms with Crippen LogP contribution in [-0.2, 0) is 19.1 Å². The fourth-order valence-corrected chi connectivity index (χ4v) is 3.20. The van der Waals surface area contributed by atoms with Crippen molar-refractivity contribution in [1.82, 2.24) is 0 Å². The van der Waals surface area contributed by atoms with E-state index in [9.17, 15) is 14.4 Å². The Balaban J connectivity index is 2.31. The van der Waals surface area contributed by atoms with Crippen molar-refractivity contribution in [2.45, 2.75) is 39.5 Å². The van der Waals surface area contributed by atoms with Gasteiger partial charge in [0.2, 0.25) is 0 Å². The van der Waals surface area contributed by atoms with Gasteiger partial charge in [0.05, 0.1) is 13.2 Å². The summed E-state index contributed by atoms with van der Waals surface area (Å²) in [5.74, 6) is -2.65. The normalized spacial score (nSPS) is 11.7. The zero-order valence-electron chi connectivity index (χ0n) is 17.2. The molecule has 0 heterocycles. The first-order valence-corrected chi connectivity index (χ1v) is 9.94. The van der Waals surface area contributed by atoms with Crippen molar-refractivity contribution in [3.05, 3.63) is 71.3 Å². The number of ether oxygens (including phenoxy) is 2. The molecule has 154 valence electrons. The minimum Gasteiger partial charge on any atom is -0.465 e. The third-order valence-electron chi connectivity index (χ3n) is 4.74. The van der Waals surface area contributed by atoms with Crippen LogP contribution in [0.15, 0.2) is 54.6 Å². The van der Waals surface area contributed by atoms with Crippen LogP contribution in [0.4, 0.5) is 0 Å². The van der Waals surface area contributed by atoms with Gasteiger partial charge in [-0.1, -0.05) is 60.2 Å². The Bertz CT molecular complexity index is 793.